The minimum Gasteiger partial charge on any atom is -0.332 e. The highest BCUT2D eigenvalue weighted by Gasteiger charge is 2.25. The largest absolute Gasteiger partial charge is 0.332 e. The number of nitrogens with zero attached hydrogens (tertiary/aromatic N) is 5. The molecular formula is C21H27N5. The number of likely N-dealkylation sites (tertiary alicyclic amines) is 1. The van der Waals surface area contributed by atoms with E-state index < -0.39 is 0 Å². The van der Waals surface area contributed by atoms with Crippen LogP contribution in [0.4, 0.5) is 0 Å². The van der Waals surface area contributed by atoms with Crippen LogP contribution in [0.1, 0.15) is 50.0 Å². The molecule has 5 heteroatoms. The van der Waals surface area contributed by atoms with Gasteiger partial charge in [-0.05, 0) is 50.9 Å². The van der Waals surface area contributed by atoms with Crippen molar-refractivity contribution in [3.63, 3.8) is 0 Å². The number of hydrogen-bond donors (Lipinski definition) is 0. The predicted octanol–water partition coefficient (Wildman–Crippen LogP) is 4.03. The number of hydrogen-bond acceptors (Lipinski definition) is 3. The van der Waals surface area contributed by atoms with E-state index in [2.05, 4.69) is 63.9 Å². The molecule has 0 radical (unpaired) electrons. The second-order valence-electron chi connectivity index (χ2n) is 7.44. The molecule has 3 aromatic rings. The second kappa shape index (κ2) is 7.46. The van der Waals surface area contributed by atoms with Gasteiger partial charge in [0.05, 0.1) is 5.69 Å². The lowest BCUT2D eigenvalue weighted by Crippen LogP contribution is -2.35. The van der Waals surface area contributed by atoms with Gasteiger partial charge in [-0.25, -0.2) is 9.67 Å². The zero-order chi connectivity index (χ0) is 17.9. The first kappa shape index (κ1) is 17.0. The first-order chi connectivity index (χ1) is 12.7. The van der Waals surface area contributed by atoms with Gasteiger partial charge >= 0.3 is 0 Å². The highest BCUT2D eigenvalue weighted by Crippen LogP contribution is 2.29. The Bertz CT molecular complexity index is 834. The van der Waals surface area contributed by atoms with Crippen LogP contribution in [0.3, 0.4) is 0 Å². The molecular weight excluding hydrogens is 322 g/mol. The van der Waals surface area contributed by atoms with Gasteiger partial charge in [-0.15, -0.1) is 0 Å². The van der Waals surface area contributed by atoms with Gasteiger partial charge in [0.2, 0.25) is 0 Å². The average Bonchev–Trinajstić information content (AvgIpc) is 3.34. The Hall–Kier alpha value is -2.40. The number of benzene rings is 1. The molecule has 1 atom stereocenters. The summed E-state index contributed by atoms with van der Waals surface area (Å²) in [5.74, 6) is 1.75. The third kappa shape index (κ3) is 3.44. The lowest BCUT2D eigenvalue weighted by Gasteiger charge is -2.33. The minimum atomic E-state index is 0.461. The van der Waals surface area contributed by atoms with Gasteiger partial charge < -0.3 is 4.57 Å². The van der Waals surface area contributed by atoms with E-state index in [1.54, 1.807) is 0 Å². The maximum atomic E-state index is 4.68. The van der Waals surface area contributed by atoms with Gasteiger partial charge in [0.15, 0.2) is 0 Å². The number of para-hydroxylation sites is 1. The molecule has 0 amide bonds. The van der Waals surface area contributed by atoms with Crippen LogP contribution in [0.2, 0.25) is 0 Å². The average molecular weight is 349 g/mol. The molecule has 0 bridgehead atoms. The molecule has 0 N–H and O–H groups in total. The molecule has 136 valence electrons. The van der Waals surface area contributed by atoms with Crippen LogP contribution in [0.15, 0.2) is 55.1 Å². The van der Waals surface area contributed by atoms with Crippen LogP contribution >= 0.6 is 0 Å². The van der Waals surface area contributed by atoms with Crippen LogP contribution in [-0.4, -0.2) is 37.3 Å². The summed E-state index contributed by atoms with van der Waals surface area (Å²) in [6.45, 7) is 7.62. The first-order valence-corrected chi connectivity index (χ1v) is 9.55. The van der Waals surface area contributed by atoms with Gasteiger partial charge in [-0.3, -0.25) is 4.90 Å². The van der Waals surface area contributed by atoms with Crippen molar-refractivity contribution in [1.82, 2.24) is 24.2 Å². The van der Waals surface area contributed by atoms with E-state index in [9.17, 15) is 0 Å². The van der Waals surface area contributed by atoms with Gasteiger partial charge in [-0.1, -0.05) is 18.2 Å². The van der Waals surface area contributed by atoms with Crippen molar-refractivity contribution in [1.29, 1.82) is 0 Å². The second-order valence-corrected chi connectivity index (χ2v) is 7.44. The summed E-state index contributed by atoms with van der Waals surface area (Å²) in [5.41, 5.74) is 2.49. The number of rotatable bonds is 5. The summed E-state index contributed by atoms with van der Waals surface area (Å²) in [7, 11) is 0. The topological polar surface area (TPSA) is 38.9 Å². The lowest BCUT2D eigenvalue weighted by atomic mass is 9.96. The molecule has 0 saturated carbocycles. The molecule has 1 aliphatic heterocycles. The summed E-state index contributed by atoms with van der Waals surface area (Å²) in [4.78, 5) is 7.25. The maximum Gasteiger partial charge on any atom is 0.113 e. The summed E-state index contributed by atoms with van der Waals surface area (Å²) >= 11 is 0. The molecule has 2 aromatic heterocycles. The Morgan fingerprint density at radius 3 is 2.81 bits per heavy atom. The van der Waals surface area contributed by atoms with E-state index in [0.29, 0.717) is 12.0 Å². The van der Waals surface area contributed by atoms with Crippen LogP contribution in [0.25, 0.3) is 5.69 Å². The number of piperidine rings is 1. The van der Waals surface area contributed by atoms with Crippen molar-refractivity contribution >= 4 is 0 Å². The molecule has 1 fully saturated rings. The Morgan fingerprint density at radius 1 is 1.12 bits per heavy atom. The van der Waals surface area contributed by atoms with Crippen LogP contribution in [0, 0.1) is 0 Å². The summed E-state index contributed by atoms with van der Waals surface area (Å²) in [6.07, 6.45) is 10.4. The van der Waals surface area contributed by atoms with Gasteiger partial charge in [0.1, 0.15) is 5.82 Å². The number of aromatic nitrogens is 4. The van der Waals surface area contributed by atoms with Crippen molar-refractivity contribution in [3.8, 4) is 5.69 Å². The molecule has 1 aromatic carbocycles. The quantitative estimate of drug-likeness (QED) is 0.698. The van der Waals surface area contributed by atoms with E-state index in [-0.39, 0.29) is 0 Å². The van der Waals surface area contributed by atoms with Crippen LogP contribution in [0.5, 0.6) is 0 Å². The fourth-order valence-electron chi connectivity index (χ4n) is 4.01. The Balaban J connectivity index is 1.52. The molecule has 5 nitrogen and oxygen atoms in total. The van der Waals surface area contributed by atoms with E-state index in [1.807, 2.05) is 29.3 Å². The normalized spacial score (nSPS) is 18.5. The van der Waals surface area contributed by atoms with Gasteiger partial charge in [0.25, 0.3) is 0 Å². The Kier molecular flexibility index (Phi) is 4.89. The Labute approximate surface area is 155 Å². The van der Waals surface area contributed by atoms with Crippen LogP contribution < -0.4 is 0 Å². The molecule has 26 heavy (non-hydrogen) atoms. The third-order valence-corrected chi connectivity index (χ3v) is 5.26. The SMILES string of the molecule is CC(C)n1ccnc1[C@H]1CCCN(Cc2ccccc2-n2cccn2)C1. The lowest BCUT2D eigenvalue weighted by molar-refractivity contribution is 0.194. The summed E-state index contributed by atoms with van der Waals surface area (Å²) < 4.78 is 4.29. The van der Waals surface area contributed by atoms with Crippen molar-refractivity contribution in [3.05, 3.63) is 66.5 Å². The standard InChI is InChI=1S/C21H27N5/c1-17(2)25-14-11-22-21(25)19-8-5-12-24(16-19)15-18-7-3-4-9-20(18)26-13-6-10-23-26/h3-4,6-7,9-11,13-14,17,19H,5,8,12,15-16H2,1-2H3/t19-/m0/s1. The molecule has 0 unspecified atom stereocenters. The van der Waals surface area contributed by atoms with Crippen molar-refractivity contribution < 1.29 is 0 Å². The van der Waals surface area contributed by atoms with Gasteiger partial charge in [-0.2, -0.15) is 5.10 Å². The number of imidazole rings is 1. The predicted molar refractivity (Wildman–Crippen MR) is 103 cm³/mol. The van der Waals surface area contributed by atoms with Crippen molar-refractivity contribution in [2.24, 2.45) is 0 Å². The van der Waals surface area contributed by atoms with E-state index in [4.69, 9.17) is 0 Å². The molecule has 1 saturated heterocycles. The maximum absolute atomic E-state index is 4.68. The smallest absolute Gasteiger partial charge is 0.113 e. The zero-order valence-electron chi connectivity index (χ0n) is 15.6. The first-order valence-electron chi connectivity index (χ1n) is 9.55. The van der Waals surface area contributed by atoms with E-state index in [1.165, 1.54) is 29.9 Å². The van der Waals surface area contributed by atoms with E-state index in [0.717, 1.165) is 19.6 Å². The van der Waals surface area contributed by atoms with E-state index >= 15 is 0 Å². The monoisotopic (exact) mass is 349 g/mol. The molecule has 4 rings (SSSR count). The fourth-order valence-corrected chi connectivity index (χ4v) is 4.01. The molecule has 0 aliphatic carbocycles. The van der Waals surface area contributed by atoms with Crippen molar-refractivity contribution in [2.75, 3.05) is 13.1 Å². The summed E-state index contributed by atoms with van der Waals surface area (Å²) in [5, 5.41) is 4.41. The fraction of sp³-hybridized carbons (Fsp3) is 0.429. The van der Waals surface area contributed by atoms with Crippen molar-refractivity contribution in [2.45, 2.75) is 45.2 Å². The van der Waals surface area contributed by atoms with Crippen LogP contribution in [-0.2, 0) is 6.54 Å². The molecule has 3 heterocycles. The minimum absolute atomic E-state index is 0.461. The Morgan fingerprint density at radius 2 is 2.00 bits per heavy atom. The highest BCUT2D eigenvalue weighted by atomic mass is 15.3. The molecule has 1 aliphatic rings. The third-order valence-electron chi connectivity index (χ3n) is 5.26. The highest BCUT2D eigenvalue weighted by molar-refractivity contribution is 5.40. The zero-order valence-corrected chi connectivity index (χ0v) is 15.6. The summed E-state index contributed by atoms with van der Waals surface area (Å²) in [6, 6.07) is 11.0. The molecule has 0 spiro atoms. The van der Waals surface area contributed by atoms with Gasteiger partial charge in [0, 0.05) is 49.8 Å².